The molecule has 6 aromatic rings. The number of likely N-dealkylation sites (tertiary alicyclic amines) is 1. The van der Waals surface area contributed by atoms with Crippen molar-refractivity contribution >= 4 is 46.3 Å². The largest absolute Gasteiger partial charge is 0.425 e. The van der Waals surface area contributed by atoms with Crippen molar-refractivity contribution in [3.05, 3.63) is 155 Å². The first-order valence-corrected chi connectivity index (χ1v) is 21.4. The number of hydrogen-bond donors (Lipinski definition) is 1. The third kappa shape index (κ3) is 8.23. The number of nitrogens with zero attached hydrogens (tertiary/aromatic N) is 4. The number of nitriles is 1. The van der Waals surface area contributed by atoms with Crippen LogP contribution in [0.5, 0.6) is 0 Å². The van der Waals surface area contributed by atoms with Crippen LogP contribution in [-0.2, 0) is 24.6 Å². The Bertz CT molecular complexity index is 2490. The summed E-state index contributed by atoms with van der Waals surface area (Å²) in [5.41, 5.74) is 3.91. The second kappa shape index (κ2) is 17.6. The van der Waals surface area contributed by atoms with Crippen molar-refractivity contribution in [2.75, 3.05) is 18.4 Å². The van der Waals surface area contributed by atoms with Crippen molar-refractivity contribution < 1.29 is 23.9 Å². The van der Waals surface area contributed by atoms with Crippen LogP contribution >= 0.6 is 11.6 Å². The Morgan fingerprint density at radius 3 is 2.07 bits per heavy atom. The number of anilines is 1. The molecule has 1 aliphatic heterocycles. The highest BCUT2D eigenvalue weighted by molar-refractivity contribution is 6.33. The van der Waals surface area contributed by atoms with Crippen molar-refractivity contribution in [1.82, 2.24) is 14.7 Å². The third-order valence-corrected chi connectivity index (χ3v) is 12.6. The molecule has 2 atom stereocenters. The number of rotatable bonds is 10. The molecule has 0 radical (unpaired) electrons. The van der Waals surface area contributed by atoms with E-state index in [2.05, 4.69) is 47.8 Å². The molecule has 310 valence electrons. The van der Waals surface area contributed by atoms with E-state index in [0.29, 0.717) is 46.7 Å². The number of amides is 2. The van der Waals surface area contributed by atoms with Gasteiger partial charge in [0.05, 0.1) is 28.5 Å². The maximum Gasteiger partial charge on any atom is 0.412 e. The number of fused-ring (bicyclic) bond motifs is 1. The molecule has 2 heterocycles. The number of ether oxygens (including phenoxy) is 2. The lowest BCUT2D eigenvalue weighted by atomic mass is 9.76. The normalized spacial score (nSPS) is 16.9. The molecule has 2 fully saturated rings. The zero-order chi connectivity index (χ0) is 42.6. The van der Waals surface area contributed by atoms with Crippen LogP contribution in [0.25, 0.3) is 22.0 Å². The van der Waals surface area contributed by atoms with Gasteiger partial charge in [-0.25, -0.2) is 9.48 Å². The first-order chi connectivity index (χ1) is 29.6. The minimum atomic E-state index is -1.07. The highest BCUT2D eigenvalue weighted by Gasteiger charge is 2.42. The lowest BCUT2D eigenvalue weighted by Crippen LogP contribution is -2.45. The van der Waals surface area contributed by atoms with Crippen LogP contribution in [0.4, 0.5) is 10.6 Å². The maximum absolute atomic E-state index is 14.5. The summed E-state index contributed by atoms with van der Waals surface area (Å²) in [7, 11) is 0. The molecule has 61 heavy (non-hydrogen) atoms. The minimum Gasteiger partial charge on any atom is -0.425 e. The highest BCUT2D eigenvalue weighted by Crippen LogP contribution is 2.45. The number of hydrogen-bond acceptors (Lipinski definition) is 7. The van der Waals surface area contributed by atoms with Crippen LogP contribution < -0.4 is 5.32 Å². The zero-order valence-electron chi connectivity index (χ0n) is 34.4. The van der Waals surface area contributed by atoms with E-state index in [-0.39, 0.29) is 18.4 Å². The Morgan fingerprint density at radius 1 is 0.836 bits per heavy atom. The second-order valence-corrected chi connectivity index (χ2v) is 16.8. The average Bonchev–Trinajstić information content (AvgIpc) is 3.65. The second-order valence-electron chi connectivity index (χ2n) is 16.4. The van der Waals surface area contributed by atoms with E-state index >= 15 is 0 Å². The highest BCUT2D eigenvalue weighted by atomic mass is 35.5. The molecule has 2 aliphatic rings. The van der Waals surface area contributed by atoms with Gasteiger partial charge in [0.1, 0.15) is 5.54 Å². The van der Waals surface area contributed by atoms with E-state index < -0.39 is 29.3 Å². The van der Waals surface area contributed by atoms with Crippen LogP contribution in [0.15, 0.2) is 127 Å². The first-order valence-electron chi connectivity index (χ1n) is 21.0. The van der Waals surface area contributed by atoms with Crippen molar-refractivity contribution in [2.24, 2.45) is 11.3 Å². The minimum absolute atomic E-state index is 0.117. The molecular formula is C50H48ClN5O5. The van der Waals surface area contributed by atoms with Gasteiger partial charge in [0.2, 0.25) is 12.2 Å². The molecule has 1 aromatic heterocycles. The van der Waals surface area contributed by atoms with Crippen LogP contribution in [0, 0.1) is 22.7 Å². The molecule has 1 saturated carbocycles. The van der Waals surface area contributed by atoms with Gasteiger partial charge in [0, 0.05) is 36.0 Å². The molecule has 8 rings (SSSR count). The Morgan fingerprint density at radius 2 is 1.46 bits per heavy atom. The number of benzene rings is 5. The monoisotopic (exact) mass is 833 g/mol. The number of halogens is 1. The standard InChI is InChI=1S/C50H48ClN5O5/c1-34(60-47(58)49(2)27-13-6-14-28-49)61-48(59)55-29-15-16-37(33-55)46(57)53-45-42-31-36(41-30-35(32-52)23-25-43(41)51)24-26-44(42)56(54-45)50(38-17-7-3-8-18-38,39-19-9-4-10-20-39)40-21-11-5-12-22-40/h3-5,7-12,17-26,30-31,34,37H,6,13-16,27-29,33H2,1-2H3,(H,53,54,57). The van der Waals surface area contributed by atoms with Crippen molar-refractivity contribution in [2.45, 2.75) is 70.6 Å². The summed E-state index contributed by atoms with van der Waals surface area (Å²) in [5, 5.41) is 19.4. The fraction of sp³-hybridized carbons (Fsp3) is 0.300. The molecule has 1 N–H and O–H groups in total. The molecule has 5 aromatic carbocycles. The predicted octanol–water partition coefficient (Wildman–Crippen LogP) is 10.7. The zero-order valence-corrected chi connectivity index (χ0v) is 35.1. The average molecular weight is 834 g/mol. The predicted molar refractivity (Wildman–Crippen MR) is 236 cm³/mol. The molecular weight excluding hydrogens is 786 g/mol. The van der Waals surface area contributed by atoms with E-state index in [4.69, 9.17) is 26.2 Å². The molecule has 1 aliphatic carbocycles. The van der Waals surface area contributed by atoms with Crippen molar-refractivity contribution in [3.8, 4) is 17.2 Å². The Kier molecular flexibility index (Phi) is 12.0. The molecule has 2 unspecified atom stereocenters. The van der Waals surface area contributed by atoms with Crippen LogP contribution in [0.2, 0.25) is 5.02 Å². The van der Waals surface area contributed by atoms with Gasteiger partial charge >= 0.3 is 12.1 Å². The summed E-state index contributed by atoms with van der Waals surface area (Å²) in [6.07, 6.45) is 3.93. The molecule has 2 amide bonds. The quantitative estimate of drug-likeness (QED) is 0.0827. The van der Waals surface area contributed by atoms with Gasteiger partial charge in [-0.15, -0.1) is 0 Å². The fourth-order valence-electron chi connectivity index (χ4n) is 9.00. The van der Waals surface area contributed by atoms with Gasteiger partial charge in [0.25, 0.3) is 0 Å². The summed E-state index contributed by atoms with van der Waals surface area (Å²) in [4.78, 5) is 42.4. The lowest BCUT2D eigenvalue weighted by molar-refractivity contribution is -0.179. The van der Waals surface area contributed by atoms with Crippen LogP contribution in [-0.4, -0.2) is 52.0 Å². The molecule has 1 saturated heterocycles. The molecule has 0 bridgehead atoms. The molecule has 10 nitrogen and oxygen atoms in total. The number of nitrogens with one attached hydrogen (secondary N) is 1. The number of carbonyl (C=O) groups excluding carboxylic acids is 3. The van der Waals surface area contributed by atoms with E-state index in [9.17, 15) is 19.6 Å². The summed E-state index contributed by atoms with van der Waals surface area (Å²) in [5.74, 6) is -0.895. The summed E-state index contributed by atoms with van der Waals surface area (Å²) < 4.78 is 13.2. The summed E-state index contributed by atoms with van der Waals surface area (Å²) >= 11 is 6.75. The van der Waals surface area contributed by atoms with E-state index in [1.807, 2.05) is 84.4 Å². The fourth-order valence-corrected chi connectivity index (χ4v) is 9.23. The van der Waals surface area contributed by atoms with Gasteiger partial charge in [-0.3, -0.25) is 9.59 Å². The SMILES string of the molecule is CC(OC(=O)N1CCCC(C(=O)Nc2nn(C(c3ccccc3)(c3ccccc3)c3ccccc3)c3ccc(-c4cc(C#N)ccc4Cl)cc23)C1)OC(=O)C1(C)CCCCC1. The Balaban J connectivity index is 1.16. The molecule has 11 heteroatoms. The summed E-state index contributed by atoms with van der Waals surface area (Å²) in [6, 6.07) is 43.7. The van der Waals surface area contributed by atoms with Gasteiger partial charge in [-0.1, -0.05) is 128 Å². The van der Waals surface area contributed by atoms with Crippen LogP contribution in [0.3, 0.4) is 0 Å². The van der Waals surface area contributed by atoms with Crippen molar-refractivity contribution in [1.29, 1.82) is 5.26 Å². The topological polar surface area (TPSA) is 127 Å². The number of piperidine rings is 1. The molecule has 0 spiro atoms. The van der Waals surface area contributed by atoms with Crippen LogP contribution in [0.1, 0.15) is 81.0 Å². The maximum atomic E-state index is 14.5. The van der Waals surface area contributed by atoms with E-state index in [1.165, 1.54) is 4.90 Å². The first kappa shape index (κ1) is 41.3. The Labute approximate surface area is 361 Å². The lowest BCUT2D eigenvalue weighted by Gasteiger charge is -2.37. The van der Waals surface area contributed by atoms with E-state index in [0.717, 1.165) is 59.9 Å². The van der Waals surface area contributed by atoms with Crippen molar-refractivity contribution in [3.63, 3.8) is 0 Å². The Hall–Kier alpha value is -6.44. The number of carbonyl (C=O) groups is 3. The third-order valence-electron chi connectivity index (χ3n) is 12.3. The smallest absolute Gasteiger partial charge is 0.412 e. The van der Waals surface area contributed by atoms with Gasteiger partial charge in [0.15, 0.2) is 5.82 Å². The van der Waals surface area contributed by atoms with Gasteiger partial charge < -0.3 is 19.7 Å². The van der Waals surface area contributed by atoms with E-state index in [1.54, 1.807) is 25.1 Å². The number of aromatic nitrogens is 2. The number of esters is 1. The van der Waals surface area contributed by atoms with Gasteiger partial charge in [-0.2, -0.15) is 10.4 Å². The van der Waals surface area contributed by atoms with Gasteiger partial charge in [-0.05, 0) is 85.2 Å². The summed E-state index contributed by atoms with van der Waals surface area (Å²) in [6.45, 7) is 3.98.